The Morgan fingerprint density at radius 2 is 1.83 bits per heavy atom. The van der Waals surface area contributed by atoms with Gasteiger partial charge in [-0.05, 0) is 30.7 Å². The first-order valence-corrected chi connectivity index (χ1v) is 8.18. The van der Waals surface area contributed by atoms with E-state index in [0.717, 1.165) is 43.6 Å². The van der Waals surface area contributed by atoms with Crippen LogP contribution in [0.2, 0.25) is 0 Å². The smallest absolute Gasteiger partial charge is 0.225 e. The van der Waals surface area contributed by atoms with Crippen LogP contribution in [0.1, 0.15) is 12.5 Å². The zero-order valence-electron chi connectivity index (χ0n) is 14.5. The summed E-state index contributed by atoms with van der Waals surface area (Å²) in [7, 11) is 3.33. The number of methoxy groups -OCH3 is 2. The van der Waals surface area contributed by atoms with Gasteiger partial charge in [-0.1, -0.05) is 6.07 Å². The minimum absolute atomic E-state index is 0.427. The second-order valence-corrected chi connectivity index (χ2v) is 6.00. The fourth-order valence-corrected chi connectivity index (χ4v) is 3.08. The molecule has 3 rings (SSSR count). The number of rotatable bonds is 5. The van der Waals surface area contributed by atoms with Crippen molar-refractivity contribution in [3.8, 4) is 11.5 Å². The zero-order chi connectivity index (χ0) is 16.9. The Kier molecular flexibility index (Phi) is 5.15. The largest absolute Gasteiger partial charge is 0.493 e. The molecule has 0 spiro atoms. The normalized spacial score (nSPS) is 18.5. The first-order valence-electron chi connectivity index (χ1n) is 8.18. The van der Waals surface area contributed by atoms with Gasteiger partial charge in [-0.3, -0.25) is 4.90 Å². The van der Waals surface area contributed by atoms with Crippen LogP contribution in [0.15, 0.2) is 36.7 Å². The highest BCUT2D eigenvalue weighted by molar-refractivity contribution is 5.43. The second-order valence-electron chi connectivity index (χ2n) is 6.00. The van der Waals surface area contributed by atoms with E-state index in [-0.39, 0.29) is 0 Å². The molecular weight excluding hydrogens is 304 g/mol. The first kappa shape index (κ1) is 16.5. The Morgan fingerprint density at radius 3 is 2.50 bits per heavy atom. The van der Waals surface area contributed by atoms with Crippen LogP contribution in [0, 0.1) is 0 Å². The van der Waals surface area contributed by atoms with E-state index in [1.807, 2.05) is 12.1 Å². The van der Waals surface area contributed by atoms with Gasteiger partial charge in [0.15, 0.2) is 11.5 Å². The molecule has 1 fully saturated rings. The summed E-state index contributed by atoms with van der Waals surface area (Å²) in [5, 5.41) is 0. The van der Waals surface area contributed by atoms with E-state index in [4.69, 9.17) is 9.47 Å². The number of anilines is 1. The van der Waals surface area contributed by atoms with Crippen molar-refractivity contribution in [2.45, 2.75) is 19.5 Å². The summed E-state index contributed by atoms with van der Waals surface area (Å²) < 4.78 is 10.7. The molecule has 1 unspecified atom stereocenters. The predicted molar refractivity (Wildman–Crippen MR) is 93.7 cm³/mol. The molecule has 0 radical (unpaired) electrons. The molecule has 0 aliphatic carbocycles. The Labute approximate surface area is 143 Å². The maximum absolute atomic E-state index is 5.40. The first-order chi connectivity index (χ1) is 11.7. The maximum atomic E-state index is 5.40. The highest BCUT2D eigenvalue weighted by Crippen LogP contribution is 2.28. The maximum Gasteiger partial charge on any atom is 0.225 e. The zero-order valence-corrected chi connectivity index (χ0v) is 14.5. The average Bonchev–Trinajstić information content (AvgIpc) is 2.64. The third-order valence-electron chi connectivity index (χ3n) is 4.43. The van der Waals surface area contributed by atoms with Gasteiger partial charge in [-0.25, -0.2) is 9.97 Å². The lowest BCUT2D eigenvalue weighted by molar-refractivity contribution is 0.180. The van der Waals surface area contributed by atoms with Gasteiger partial charge >= 0.3 is 0 Å². The number of benzene rings is 1. The van der Waals surface area contributed by atoms with Crippen molar-refractivity contribution in [3.63, 3.8) is 0 Å². The predicted octanol–water partition coefficient (Wildman–Crippen LogP) is 2.20. The van der Waals surface area contributed by atoms with Gasteiger partial charge in [-0.2, -0.15) is 0 Å². The van der Waals surface area contributed by atoms with Gasteiger partial charge in [0.25, 0.3) is 0 Å². The number of hydrogen-bond donors (Lipinski definition) is 0. The van der Waals surface area contributed by atoms with Gasteiger partial charge in [0.05, 0.1) is 14.2 Å². The number of hydrogen-bond acceptors (Lipinski definition) is 6. The van der Waals surface area contributed by atoms with Crippen LogP contribution in [0.4, 0.5) is 5.95 Å². The fourth-order valence-electron chi connectivity index (χ4n) is 3.08. The molecule has 0 N–H and O–H groups in total. The molecule has 0 saturated carbocycles. The van der Waals surface area contributed by atoms with Crippen molar-refractivity contribution in [1.82, 2.24) is 14.9 Å². The van der Waals surface area contributed by atoms with Crippen molar-refractivity contribution in [2.24, 2.45) is 0 Å². The monoisotopic (exact) mass is 328 g/mol. The van der Waals surface area contributed by atoms with E-state index in [0.29, 0.717) is 6.04 Å². The summed E-state index contributed by atoms with van der Waals surface area (Å²) in [6.45, 7) is 5.98. The lowest BCUT2D eigenvalue weighted by Gasteiger charge is -2.39. The van der Waals surface area contributed by atoms with Crippen LogP contribution in [-0.4, -0.2) is 54.8 Å². The van der Waals surface area contributed by atoms with Crippen LogP contribution in [-0.2, 0) is 6.54 Å². The van der Waals surface area contributed by atoms with E-state index < -0.39 is 0 Å². The molecule has 1 atom stereocenters. The summed E-state index contributed by atoms with van der Waals surface area (Å²) in [6, 6.07) is 8.39. The fraction of sp³-hybridized carbons (Fsp3) is 0.444. The topological polar surface area (TPSA) is 50.7 Å². The molecule has 1 aliphatic rings. The average molecular weight is 328 g/mol. The molecule has 2 aromatic rings. The Balaban J connectivity index is 1.65. The third kappa shape index (κ3) is 3.59. The summed E-state index contributed by atoms with van der Waals surface area (Å²) in [6.07, 6.45) is 3.59. The molecule has 6 heteroatoms. The van der Waals surface area contributed by atoms with Crippen LogP contribution >= 0.6 is 0 Å². The van der Waals surface area contributed by atoms with E-state index in [2.05, 4.69) is 38.8 Å². The van der Waals surface area contributed by atoms with E-state index >= 15 is 0 Å². The lowest BCUT2D eigenvalue weighted by atomic mass is 10.1. The van der Waals surface area contributed by atoms with Crippen molar-refractivity contribution >= 4 is 5.95 Å². The van der Waals surface area contributed by atoms with Crippen LogP contribution in [0.25, 0.3) is 0 Å². The van der Waals surface area contributed by atoms with Crippen molar-refractivity contribution < 1.29 is 9.47 Å². The number of aromatic nitrogens is 2. The van der Waals surface area contributed by atoms with Crippen LogP contribution in [0.3, 0.4) is 0 Å². The molecule has 2 heterocycles. The Hall–Kier alpha value is -2.34. The number of nitrogens with zero attached hydrogens (tertiary/aromatic N) is 4. The minimum atomic E-state index is 0.427. The molecule has 1 aliphatic heterocycles. The number of piperazine rings is 1. The summed E-state index contributed by atoms with van der Waals surface area (Å²) in [5.74, 6) is 2.36. The summed E-state index contributed by atoms with van der Waals surface area (Å²) in [4.78, 5) is 13.4. The Morgan fingerprint density at radius 1 is 1.08 bits per heavy atom. The van der Waals surface area contributed by atoms with Gasteiger partial charge in [-0.15, -0.1) is 0 Å². The van der Waals surface area contributed by atoms with Gasteiger partial charge in [0.1, 0.15) is 0 Å². The Bertz CT molecular complexity index is 665. The molecule has 0 bridgehead atoms. The van der Waals surface area contributed by atoms with Crippen molar-refractivity contribution in [2.75, 3.05) is 38.8 Å². The van der Waals surface area contributed by atoms with Crippen molar-refractivity contribution in [1.29, 1.82) is 0 Å². The van der Waals surface area contributed by atoms with Gasteiger partial charge in [0, 0.05) is 44.6 Å². The number of ether oxygens (including phenoxy) is 2. The van der Waals surface area contributed by atoms with Crippen molar-refractivity contribution in [3.05, 3.63) is 42.2 Å². The quantitative estimate of drug-likeness (QED) is 0.839. The molecule has 6 nitrogen and oxygen atoms in total. The lowest BCUT2D eigenvalue weighted by Crippen LogP contribution is -2.51. The highest BCUT2D eigenvalue weighted by Gasteiger charge is 2.25. The minimum Gasteiger partial charge on any atom is -0.493 e. The van der Waals surface area contributed by atoms with E-state index in [1.165, 1.54) is 5.56 Å². The summed E-state index contributed by atoms with van der Waals surface area (Å²) >= 11 is 0. The van der Waals surface area contributed by atoms with Gasteiger partial charge < -0.3 is 14.4 Å². The summed E-state index contributed by atoms with van der Waals surface area (Å²) in [5.41, 5.74) is 1.23. The van der Waals surface area contributed by atoms with Gasteiger partial charge in [0.2, 0.25) is 5.95 Å². The molecular formula is C18H24N4O2. The standard InChI is InChI=1S/C18H24N4O2/c1-14-12-22(18-19-7-4-8-20-18)10-9-21(14)13-15-5-6-16(23-2)17(11-15)24-3/h4-8,11,14H,9-10,12-13H2,1-3H3. The molecule has 1 aromatic carbocycles. The van der Waals surface area contributed by atoms with Crippen LogP contribution in [0.5, 0.6) is 11.5 Å². The molecule has 0 amide bonds. The third-order valence-corrected chi connectivity index (χ3v) is 4.43. The van der Waals surface area contributed by atoms with Crippen LogP contribution < -0.4 is 14.4 Å². The molecule has 1 saturated heterocycles. The molecule has 24 heavy (non-hydrogen) atoms. The van der Waals surface area contributed by atoms with E-state index in [1.54, 1.807) is 26.6 Å². The molecule has 128 valence electrons. The highest BCUT2D eigenvalue weighted by atomic mass is 16.5. The second kappa shape index (κ2) is 7.49. The SMILES string of the molecule is COc1ccc(CN2CCN(c3ncccn3)CC2C)cc1OC. The molecule has 1 aromatic heterocycles. The van der Waals surface area contributed by atoms with E-state index in [9.17, 15) is 0 Å².